The van der Waals surface area contributed by atoms with Gasteiger partial charge in [-0.3, -0.25) is 14.9 Å². The fourth-order valence-electron chi connectivity index (χ4n) is 2.49. The summed E-state index contributed by atoms with van der Waals surface area (Å²) >= 11 is 0. The monoisotopic (exact) mass is 356 g/mol. The molecule has 0 radical (unpaired) electrons. The highest BCUT2D eigenvalue weighted by molar-refractivity contribution is 7.90. The van der Waals surface area contributed by atoms with Crippen molar-refractivity contribution in [2.24, 2.45) is 4.40 Å². The Morgan fingerprint density at radius 1 is 1.04 bits per heavy atom. The third-order valence-corrected chi connectivity index (χ3v) is 5.17. The Bertz CT molecular complexity index is 1070. The van der Waals surface area contributed by atoms with E-state index in [1.807, 2.05) is 0 Å². The minimum atomic E-state index is -4.19. The highest BCUT2D eigenvalue weighted by Crippen LogP contribution is 2.25. The Morgan fingerprint density at radius 3 is 2.40 bits per heavy atom. The van der Waals surface area contributed by atoms with Crippen LogP contribution >= 0.6 is 0 Å². The molecule has 0 heterocycles. The largest absolute Gasteiger partial charge is 0.289 e. The van der Waals surface area contributed by atoms with E-state index in [1.165, 1.54) is 31.2 Å². The Hall–Kier alpha value is -3.13. The first-order valence-corrected chi connectivity index (χ1v) is 8.65. The Labute approximate surface area is 143 Å². The van der Waals surface area contributed by atoms with E-state index < -0.39 is 14.9 Å². The van der Waals surface area contributed by atoms with E-state index in [-0.39, 0.29) is 22.1 Å². The fourth-order valence-corrected chi connectivity index (χ4v) is 3.76. The van der Waals surface area contributed by atoms with Crippen molar-refractivity contribution >= 4 is 27.2 Å². The van der Waals surface area contributed by atoms with Gasteiger partial charge in [0.1, 0.15) is 0 Å². The summed E-state index contributed by atoms with van der Waals surface area (Å²) in [6, 6.07) is 10.1. The molecule has 0 bridgehead atoms. The lowest BCUT2D eigenvalue weighted by Crippen LogP contribution is -2.14. The molecule has 0 fully saturated rings. The number of non-ortho nitro benzene ring substituents is 1. The first kappa shape index (κ1) is 16.7. The number of nitro groups is 1. The molecule has 2 aromatic rings. The second-order valence-corrected chi connectivity index (χ2v) is 6.97. The van der Waals surface area contributed by atoms with Crippen LogP contribution in [0.3, 0.4) is 0 Å². The number of benzene rings is 2. The first-order valence-electron chi connectivity index (χ1n) is 7.21. The van der Waals surface area contributed by atoms with Gasteiger partial charge in [-0.1, -0.05) is 30.3 Å². The fraction of sp³-hybridized carbons (Fsp3) is 0.0588. The van der Waals surface area contributed by atoms with Crippen LogP contribution in [0.1, 0.15) is 21.5 Å². The van der Waals surface area contributed by atoms with Crippen LogP contribution in [0.15, 0.2) is 63.9 Å². The molecule has 2 aromatic carbocycles. The van der Waals surface area contributed by atoms with Gasteiger partial charge in [0, 0.05) is 23.3 Å². The maximum Gasteiger partial charge on any atom is 0.283 e. The summed E-state index contributed by atoms with van der Waals surface area (Å²) in [5.74, 6) is -0.238. The minimum Gasteiger partial charge on any atom is -0.289 e. The molecule has 0 saturated carbocycles. The molecule has 0 spiro atoms. The van der Waals surface area contributed by atoms with E-state index in [0.29, 0.717) is 16.7 Å². The predicted octanol–water partition coefficient (Wildman–Crippen LogP) is 2.83. The lowest BCUT2D eigenvalue weighted by molar-refractivity contribution is -0.385. The molecule has 7 nitrogen and oxygen atoms in total. The number of hydrogen-bond donors (Lipinski definition) is 0. The lowest BCUT2D eigenvalue weighted by Gasteiger charge is -2.12. The molecule has 0 N–H and O–H groups in total. The van der Waals surface area contributed by atoms with Crippen LogP contribution in [0.2, 0.25) is 0 Å². The average molecular weight is 356 g/mol. The first-order chi connectivity index (χ1) is 11.8. The van der Waals surface area contributed by atoms with Crippen LogP contribution in [-0.2, 0) is 10.0 Å². The highest BCUT2D eigenvalue weighted by Gasteiger charge is 2.23. The molecule has 0 saturated heterocycles. The third-order valence-electron chi connectivity index (χ3n) is 3.74. The van der Waals surface area contributed by atoms with Crippen molar-refractivity contribution in [1.82, 2.24) is 0 Å². The highest BCUT2D eigenvalue weighted by atomic mass is 32.2. The van der Waals surface area contributed by atoms with Crippen LogP contribution in [-0.4, -0.2) is 24.8 Å². The predicted molar refractivity (Wildman–Crippen MR) is 91.5 cm³/mol. The van der Waals surface area contributed by atoms with Crippen molar-refractivity contribution < 1.29 is 18.1 Å². The molecule has 0 unspecified atom stereocenters. The van der Waals surface area contributed by atoms with Crippen molar-refractivity contribution in [1.29, 1.82) is 0 Å². The number of ketones is 1. The van der Waals surface area contributed by atoms with Crippen molar-refractivity contribution in [3.05, 3.63) is 81.4 Å². The summed E-state index contributed by atoms with van der Waals surface area (Å²) in [6.07, 6.45) is 2.58. The zero-order valence-electron chi connectivity index (χ0n) is 13.0. The number of rotatable bonds is 3. The lowest BCUT2D eigenvalue weighted by atomic mass is 9.95. The number of fused-ring (bicyclic) bond motifs is 1. The molecule has 1 aliphatic carbocycles. The second kappa shape index (κ2) is 6.06. The van der Waals surface area contributed by atoms with Crippen LogP contribution in [0, 0.1) is 17.0 Å². The zero-order chi connectivity index (χ0) is 18.2. The maximum atomic E-state index is 12.7. The molecular formula is C17H12N2O5S. The summed E-state index contributed by atoms with van der Waals surface area (Å²) in [5, 5.41) is 10.9. The zero-order valence-corrected chi connectivity index (χ0v) is 13.9. The van der Waals surface area contributed by atoms with Crippen molar-refractivity contribution in [2.75, 3.05) is 0 Å². The number of nitrogens with zero attached hydrogens (tertiary/aromatic N) is 2. The second-order valence-electron chi connectivity index (χ2n) is 5.40. The summed E-state index contributed by atoms with van der Waals surface area (Å²) in [4.78, 5) is 21.9. The number of hydrogen-bond acceptors (Lipinski definition) is 5. The Balaban J connectivity index is 2.16. The van der Waals surface area contributed by atoms with Gasteiger partial charge in [-0.05, 0) is 24.6 Å². The Morgan fingerprint density at radius 2 is 1.72 bits per heavy atom. The number of allylic oxidation sites excluding steroid dienone is 2. The van der Waals surface area contributed by atoms with Crippen molar-refractivity contribution in [2.45, 2.75) is 11.8 Å². The summed E-state index contributed by atoms with van der Waals surface area (Å²) in [7, 11) is -4.19. The smallest absolute Gasteiger partial charge is 0.283 e. The molecule has 0 amide bonds. The van der Waals surface area contributed by atoms with Crippen LogP contribution in [0.25, 0.3) is 0 Å². The van der Waals surface area contributed by atoms with Gasteiger partial charge in [0.2, 0.25) is 0 Å². The van der Waals surface area contributed by atoms with Crippen LogP contribution in [0.5, 0.6) is 0 Å². The van der Waals surface area contributed by atoms with E-state index >= 15 is 0 Å². The molecule has 126 valence electrons. The van der Waals surface area contributed by atoms with Crippen LogP contribution < -0.4 is 0 Å². The number of carbonyl (C=O) groups excluding carboxylic acids is 1. The SMILES string of the molecule is Cc1ccc([N+](=O)[O-])cc1S(=O)(=O)N=C1C=CC(=O)c2ccccc21. The van der Waals surface area contributed by atoms with E-state index in [2.05, 4.69) is 4.40 Å². The van der Waals surface area contributed by atoms with E-state index in [1.54, 1.807) is 24.3 Å². The molecular weight excluding hydrogens is 344 g/mol. The molecule has 25 heavy (non-hydrogen) atoms. The molecule has 1 aliphatic rings. The van der Waals surface area contributed by atoms with Crippen LogP contribution in [0.4, 0.5) is 5.69 Å². The van der Waals surface area contributed by atoms with Crippen molar-refractivity contribution in [3.8, 4) is 0 Å². The summed E-state index contributed by atoms with van der Waals surface area (Å²) < 4.78 is 29.1. The van der Waals surface area contributed by atoms with Gasteiger partial charge in [-0.15, -0.1) is 0 Å². The van der Waals surface area contributed by atoms with E-state index in [0.717, 1.165) is 6.07 Å². The molecule has 0 atom stereocenters. The minimum absolute atomic E-state index is 0.112. The van der Waals surface area contributed by atoms with Gasteiger partial charge < -0.3 is 0 Å². The van der Waals surface area contributed by atoms with Gasteiger partial charge in [0.25, 0.3) is 15.7 Å². The number of aryl methyl sites for hydroxylation is 1. The van der Waals surface area contributed by atoms with Gasteiger partial charge in [0.05, 0.1) is 15.5 Å². The van der Waals surface area contributed by atoms with Gasteiger partial charge in [0.15, 0.2) is 5.78 Å². The number of carbonyl (C=O) groups is 1. The van der Waals surface area contributed by atoms with E-state index in [9.17, 15) is 23.3 Å². The maximum absolute atomic E-state index is 12.7. The third kappa shape index (κ3) is 3.11. The molecule has 3 rings (SSSR count). The summed E-state index contributed by atoms with van der Waals surface area (Å²) in [5.41, 5.74) is 0.885. The Kier molecular flexibility index (Phi) is 4.05. The molecule has 0 aromatic heterocycles. The van der Waals surface area contributed by atoms with Crippen molar-refractivity contribution in [3.63, 3.8) is 0 Å². The number of nitro benzene ring substituents is 1. The summed E-state index contributed by atoms with van der Waals surface area (Å²) in [6.45, 7) is 1.53. The van der Waals surface area contributed by atoms with E-state index in [4.69, 9.17) is 0 Å². The van der Waals surface area contributed by atoms with Gasteiger partial charge in [-0.2, -0.15) is 12.8 Å². The number of sulfonamides is 1. The van der Waals surface area contributed by atoms with Gasteiger partial charge >= 0.3 is 0 Å². The quantitative estimate of drug-likeness (QED) is 0.621. The molecule has 8 heteroatoms. The standard InChI is InChI=1S/C17H12N2O5S/c1-11-6-7-12(19(21)22)10-17(11)25(23,24)18-15-8-9-16(20)14-5-3-2-4-13(14)15/h2-10H,1H3. The average Bonchev–Trinajstić information content (AvgIpc) is 2.57. The topological polar surface area (TPSA) is 107 Å². The molecule has 0 aliphatic heterocycles. The van der Waals surface area contributed by atoms with Gasteiger partial charge in [-0.25, -0.2) is 0 Å². The normalized spacial score (nSPS) is 15.2.